The number of carbonyl (C=O) groups is 1. The van der Waals surface area contributed by atoms with Gasteiger partial charge < -0.3 is 10.2 Å². The Balaban J connectivity index is 1.59. The average Bonchev–Trinajstić information content (AvgIpc) is 2.89. The zero-order chi connectivity index (χ0) is 18.5. The van der Waals surface area contributed by atoms with Crippen molar-refractivity contribution in [1.82, 2.24) is 24.6 Å². The fourth-order valence-corrected chi connectivity index (χ4v) is 3.55. The molecule has 1 saturated heterocycles. The van der Waals surface area contributed by atoms with Crippen LogP contribution in [0.15, 0.2) is 18.5 Å². The minimum atomic E-state index is 0.0547. The fraction of sp³-hybridized carbons (Fsp3) is 0.579. The van der Waals surface area contributed by atoms with Gasteiger partial charge in [-0.3, -0.25) is 14.5 Å². The molecule has 1 atom stereocenters. The molecule has 1 N–H and O–H groups in total. The van der Waals surface area contributed by atoms with Crippen molar-refractivity contribution < 1.29 is 4.79 Å². The maximum absolute atomic E-state index is 12.8. The van der Waals surface area contributed by atoms with Crippen LogP contribution in [0.3, 0.4) is 0 Å². The third-order valence-electron chi connectivity index (χ3n) is 5.09. The summed E-state index contributed by atoms with van der Waals surface area (Å²) in [5, 5.41) is 7.42. The Kier molecular flexibility index (Phi) is 5.85. The monoisotopic (exact) mass is 356 g/mol. The van der Waals surface area contributed by atoms with Crippen molar-refractivity contribution in [3.63, 3.8) is 0 Å². The Bertz CT molecular complexity index is 739. The predicted molar refractivity (Wildman–Crippen MR) is 101 cm³/mol. The third kappa shape index (κ3) is 4.20. The van der Waals surface area contributed by atoms with Crippen LogP contribution in [0, 0.1) is 12.8 Å². The first-order chi connectivity index (χ1) is 12.6. The number of nitrogens with zero attached hydrogens (tertiary/aromatic N) is 5. The number of aromatic nitrogens is 4. The van der Waals surface area contributed by atoms with Gasteiger partial charge in [0.15, 0.2) is 5.69 Å². The quantitative estimate of drug-likeness (QED) is 0.891. The van der Waals surface area contributed by atoms with Crippen LogP contribution >= 0.6 is 0 Å². The second-order valence-electron chi connectivity index (χ2n) is 6.92. The normalized spacial score (nSPS) is 17.8. The van der Waals surface area contributed by atoms with Crippen molar-refractivity contribution in [2.75, 3.05) is 25.5 Å². The number of carbonyl (C=O) groups excluding carboxylic acids is 1. The van der Waals surface area contributed by atoms with Gasteiger partial charge in [0.2, 0.25) is 0 Å². The molecule has 0 bridgehead atoms. The van der Waals surface area contributed by atoms with Gasteiger partial charge in [0, 0.05) is 32.4 Å². The summed E-state index contributed by atoms with van der Waals surface area (Å²) in [6, 6.07) is 1.90. The summed E-state index contributed by atoms with van der Waals surface area (Å²) in [6.07, 6.45) is 7.67. The van der Waals surface area contributed by atoms with Gasteiger partial charge in [0.1, 0.15) is 5.82 Å². The zero-order valence-electron chi connectivity index (χ0n) is 15.9. The van der Waals surface area contributed by atoms with Crippen LogP contribution in [0.25, 0.3) is 0 Å². The second-order valence-corrected chi connectivity index (χ2v) is 6.92. The number of amides is 1. The Hall–Kier alpha value is -2.44. The molecule has 1 unspecified atom stereocenters. The highest BCUT2D eigenvalue weighted by Crippen LogP contribution is 2.22. The largest absolute Gasteiger partial charge is 0.372 e. The second kappa shape index (κ2) is 8.29. The molecule has 1 aliphatic heterocycles. The van der Waals surface area contributed by atoms with E-state index >= 15 is 0 Å². The molecule has 7 nitrogen and oxygen atoms in total. The van der Waals surface area contributed by atoms with E-state index in [0.29, 0.717) is 11.6 Å². The van der Waals surface area contributed by atoms with E-state index < -0.39 is 0 Å². The van der Waals surface area contributed by atoms with Crippen LogP contribution < -0.4 is 5.32 Å². The standard InChI is InChI=1S/C19H28N6O/c1-4-25-14(2)10-17(23-25)19(26)24-8-5-6-15(7-9-24)11-16-12-22-18(20-3)13-21-16/h10,12-13,15H,4-9,11H2,1-3H3,(H,20,22). The lowest BCUT2D eigenvalue weighted by Crippen LogP contribution is -2.32. The van der Waals surface area contributed by atoms with Crippen molar-refractivity contribution in [2.45, 2.75) is 46.1 Å². The van der Waals surface area contributed by atoms with Crippen LogP contribution in [0.4, 0.5) is 5.82 Å². The minimum Gasteiger partial charge on any atom is -0.372 e. The first-order valence-corrected chi connectivity index (χ1v) is 9.43. The summed E-state index contributed by atoms with van der Waals surface area (Å²) in [7, 11) is 1.84. The van der Waals surface area contributed by atoms with Gasteiger partial charge in [-0.05, 0) is 51.5 Å². The van der Waals surface area contributed by atoms with Crippen LogP contribution in [0.2, 0.25) is 0 Å². The Morgan fingerprint density at radius 1 is 1.27 bits per heavy atom. The summed E-state index contributed by atoms with van der Waals surface area (Å²) < 4.78 is 1.88. The predicted octanol–water partition coefficient (Wildman–Crippen LogP) is 2.53. The molecule has 3 heterocycles. The van der Waals surface area contributed by atoms with Crippen molar-refractivity contribution in [2.24, 2.45) is 5.92 Å². The average molecular weight is 356 g/mol. The molecule has 1 fully saturated rings. The zero-order valence-corrected chi connectivity index (χ0v) is 15.9. The molecule has 0 spiro atoms. The summed E-state index contributed by atoms with van der Waals surface area (Å²) in [5.41, 5.74) is 2.62. The summed E-state index contributed by atoms with van der Waals surface area (Å²) >= 11 is 0. The molecular weight excluding hydrogens is 328 g/mol. The lowest BCUT2D eigenvalue weighted by Gasteiger charge is -2.19. The highest BCUT2D eigenvalue weighted by molar-refractivity contribution is 5.92. The molecule has 3 rings (SSSR count). The van der Waals surface area contributed by atoms with Crippen molar-refractivity contribution in [1.29, 1.82) is 0 Å². The van der Waals surface area contributed by atoms with E-state index in [4.69, 9.17) is 0 Å². The van der Waals surface area contributed by atoms with E-state index in [0.717, 1.165) is 62.5 Å². The number of likely N-dealkylation sites (tertiary alicyclic amines) is 1. The van der Waals surface area contributed by atoms with Crippen molar-refractivity contribution in [3.8, 4) is 0 Å². The van der Waals surface area contributed by atoms with Crippen molar-refractivity contribution >= 4 is 11.7 Å². The Labute approximate surface area is 154 Å². The number of rotatable bonds is 5. The number of hydrogen-bond acceptors (Lipinski definition) is 5. The molecule has 0 aromatic carbocycles. The molecular formula is C19H28N6O. The fourth-order valence-electron chi connectivity index (χ4n) is 3.55. The Morgan fingerprint density at radius 3 is 2.77 bits per heavy atom. The number of nitrogens with one attached hydrogen (secondary N) is 1. The topological polar surface area (TPSA) is 75.9 Å². The van der Waals surface area contributed by atoms with Gasteiger partial charge in [0.25, 0.3) is 5.91 Å². The van der Waals surface area contributed by atoms with Crippen LogP contribution in [-0.4, -0.2) is 50.7 Å². The maximum atomic E-state index is 12.8. The van der Waals surface area contributed by atoms with Gasteiger partial charge in [-0.25, -0.2) is 4.98 Å². The SMILES string of the molecule is CCn1nc(C(=O)N2CCCC(Cc3cnc(NC)cn3)CC2)cc1C. The maximum Gasteiger partial charge on any atom is 0.274 e. The molecule has 140 valence electrons. The summed E-state index contributed by atoms with van der Waals surface area (Å²) in [5.74, 6) is 1.38. The molecule has 0 radical (unpaired) electrons. The van der Waals surface area contributed by atoms with Crippen LogP contribution in [-0.2, 0) is 13.0 Å². The van der Waals surface area contributed by atoms with E-state index in [1.165, 1.54) is 0 Å². The van der Waals surface area contributed by atoms with E-state index in [1.54, 1.807) is 6.20 Å². The minimum absolute atomic E-state index is 0.0547. The van der Waals surface area contributed by atoms with E-state index in [2.05, 4.69) is 20.4 Å². The lowest BCUT2D eigenvalue weighted by molar-refractivity contribution is 0.0753. The van der Waals surface area contributed by atoms with Gasteiger partial charge in [0.05, 0.1) is 18.1 Å². The molecule has 26 heavy (non-hydrogen) atoms. The number of hydrogen-bond donors (Lipinski definition) is 1. The van der Waals surface area contributed by atoms with E-state index in [1.807, 2.05) is 42.7 Å². The van der Waals surface area contributed by atoms with Gasteiger partial charge >= 0.3 is 0 Å². The number of anilines is 1. The third-order valence-corrected chi connectivity index (χ3v) is 5.09. The first-order valence-electron chi connectivity index (χ1n) is 9.43. The van der Waals surface area contributed by atoms with E-state index in [-0.39, 0.29) is 5.91 Å². The van der Waals surface area contributed by atoms with Crippen LogP contribution in [0.5, 0.6) is 0 Å². The van der Waals surface area contributed by atoms with Crippen LogP contribution in [0.1, 0.15) is 48.1 Å². The number of aryl methyl sites for hydroxylation is 2. The van der Waals surface area contributed by atoms with Gasteiger partial charge in [-0.15, -0.1) is 0 Å². The highest BCUT2D eigenvalue weighted by atomic mass is 16.2. The molecule has 0 saturated carbocycles. The molecule has 1 aliphatic rings. The van der Waals surface area contributed by atoms with E-state index in [9.17, 15) is 4.79 Å². The molecule has 2 aromatic rings. The molecule has 7 heteroatoms. The highest BCUT2D eigenvalue weighted by Gasteiger charge is 2.24. The lowest BCUT2D eigenvalue weighted by atomic mass is 9.95. The Morgan fingerprint density at radius 2 is 2.12 bits per heavy atom. The summed E-state index contributed by atoms with van der Waals surface area (Å²) in [4.78, 5) is 23.6. The van der Waals surface area contributed by atoms with Crippen molar-refractivity contribution in [3.05, 3.63) is 35.5 Å². The first kappa shape index (κ1) is 18.4. The molecule has 0 aliphatic carbocycles. The summed E-state index contributed by atoms with van der Waals surface area (Å²) in [6.45, 7) is 6.40. The van der Waals surface area contributed by atoms with Gasteiger partial charge in [-0.1, -0.05) is 0 Å². The van der Waals surface area contributed by atoms with Gasteiger partial charge in [-0.2, -0.15) is 5.10 Å². The smallest absolute Gasteiger partial charge is 0.274 e. The molecule has 2 aromatic heterocycles. The molecule has 1 amide bonds.